The fourth-order valence-electron chi connectivity index (χ4n) is 3.14. The molecule has 0 saturated carbocycles. The quantitative estimate of drug-likeness (QED) is 0.316. The molecule has 33 heavy (non-hydrogen) atoms. The number of para-hydroxylation sites is 1. The highest BCUT2D eigenvalue weighted by molar-refractivity contribution is 6.12. The first-order valence-corrected chi connectivity index (χ1v) is 9.80. The molecular weight excluding hydrogens is 429 g/mol. The number of aliphatic imine (C=N–C) groups is 1. The standard InChI is InChI=1S/C25H18FNO6/c1-30-20-9-4-3-8-18(20)24(28)32-21-11-10-15(13-22(21)31-2)12-19-25(29)33-23(27-19)16-6-5-7-17(26)14-16/h3-14H,1-2H3/b19-12+. The normalized spacial score (nSPS) is 14.0. The van der Waals surface area contributed by atoms with E-state index in [-0.39, 0.29) is 28.7 Å². The van der Waals surface area contributed by atoms with Gasteiger partial charge in [0, 0.05) is 5.56 Å². The van der Waals surface area contributed by atoms with Crippen LogP contribution in [-0.2, 0) is 9.53 Å². The van der Waals surface area contributed by atoms with E-state index in [4.69, 9.17) is 18.9 Å². The summed E-state index contributed by atoms with van der Waals surface area (Å²) < 4.78 is 34.6. The Balaban J connectivity index is 1.58. The molecule has 0 amide bonds. The summed E-state index contributed by atoms with van der Waals surface area (Å²) in [6.07, 6.45) is 1.49. The van der Waals surface area contributed by atoms with Gasteiger partial charge in [-0.25, -0.2) is 19.0 Å². The third-order valence-corrected chi connectivity index (χ3v) is 4.71. The van der Waals surface area contributed by atoms with Gasteiger partial charge in [0.25, 0.3) is 0 Å². The molecule has 0 unspecified atom stereocenters. The van der Waals surface area contributed by atoms with Gasteiger partial charge >= 0.3 is 11.9 Å². The van der Waals surface area contributed by atoms with Crippen LogP contribution in [0.15, 0.2) is 77.4 Å². The molecule has 0 bridgehead atoms. The first-order chi connectivity index (χ1) is 16.0. The van der Waals surface area contributed by atoms with Crippen LogP contribution in [0.1, 0.15) is 21.5 Å². The first kappa shape index (κ1) is 21.8. The monoisotopic (exact) mass is 447 g/mol. The Labute approximate surface area is 188 Å². The third-order valence-electron chi connectivity index (χ3n) is 4.71. The van der Waals surface area contributed by atoms with E-state index < -0.39 is 17.8 Å². The minimum atomic E-state index is -0.667. The third kappa shape index (κ3) is 4.74. The van der Waals surface area contributed by atoms with E-state index in [1.165, 1.54) is 44.6 Å². The molecule has 0 fully saturated rings. The van der Waals surface area contributed by atoms with Crippen molar-refractivity contribution in [3.63, 3.8) is 0 Å². The topological polar surface area (TPSA) is 83.4 Å². The van der Waals surface area contributed by atoms with Crippen molar-refractivity contribution in [1.29, 1.82) is 0 Å². The Hall–Kier alpha value is -4.46. The van der Waals surface area contributed by atoms with Crippen molar-refractivity contribution in [1.82, 2.24) is 0 Å². The smallest absolute Gasteiger partial charge is 0.363 e. The Morgan fingerprint density at radius 3 is 2.48 bits per heavy atom. The molecule has 7 nitrogen and oxygen atoms in total. The van der Waals surface area contributed by atoms with Gasteiger partial charge in [-0.1, -0.05) is 24.3 Å². The highest BCUT2D eigenvalue weighted by Crippen LogP contribution is 2.31. The zero-order valence-corrected chi connectivity index (χ0v) is 17.7. The molecule has 0 spiro atoms. The lowest BCUT2D eigenvalue weighted by Gasteiger charge is -2.11. The first-order valence-electron chi connectivity index (χ1n) is 9.80. The van der Waals surface area contributed by atoms with E-state index in [1.807, 2.05) is 0 Å². The van der Waals surface area contributed by atoms with Gasteiger partial charge in [0.05, 0.1) is 14.2 Å². The minimum Gasteiger partial charge on any atom is -0.496 e. The number of cyclic esters (lactones) is 1. The van der Waals surface area contributed by atoms with Gasteiger partial charge in [0.15, 0.2) is 17.2 Å². The van der Waals surface area contributed by atoms with E-state index in [2.05, 4.69) is 4.99 Å². The second kappa shape index (κ2) is 9.35. The number of benzene rings is 3. The van der Waals surface area contributed by atoms with Gasteiger partial charge < -0.3 is 18.9 Å². The minimum absolute atomic E-state index is 0.0140. The maximum atomic E-state index is 13.5. The van der Waals surface area contributed by atoms with Crippen molar-refractivity contribution in [3.05, 3.63) is 94.9 Å². The molecule has 1 heterocycles. The number of carbonyl (C=O) groups is 2. The number of ether oxygens (including phenoxy) is 4. The number of hydrogen-bond donors (Lipinski definition) is 0. The molecule has 0 atom stereocenters. The summed E-state index contributed by atoms with van der Waals surface area (Å²) in [5.74, 6) is -0.886. The lowest BCUT2D eigenvalue weighted by molar-refractivity contribution is -0.129. The molecule has 0 N–H and O–H groups in total. The Morgan fingerprint density at radius 2 is 1.73 bits per heavy atom. The summed E-state index contributed by atoms with van der Waals surface area (Å²) in [4.78, 5) is 29.0. The van der Waals surface area contributed by atoms with Crippen LogP contribution in [0.2, 0.25) is 0 Å². The van der Waals surface area contributed by atoms with Crippen molar-refractivity contribution >= 4 is 23.9 Å². The summed E-state index contributed by atoms with van der Waals surface area (Å²) in [5, 5.41) is 0. The predicted octanol–water partition coefficient (Wildman–Crippen LogP) is 4.41. The summed E-state index contributed by atoms with van der Waals surface area (Å²) in [6, 6.07) is 17.0. The van der Waals surface area contributed by atoms with Crippen LogP contribution in [0.5, 0.6) is 17.2 Å². The average molecular weight is 447 g/mol. The van der Waals surface area contributed by atoms with Gasteiger partial charge in [0.1, 0.15) is 17.1 Å². The second-order valence-electron chi connectivity index (χ2n) is 6.85. The Bertz CT molecular complexity index is 1300. The zero-order valence-electron chi connectivity index (χ0n) is 17.7. The number of methoxy groups -OCH3 is 2. The van der Waals surface area contributed by atoms with E-state index in [0.29, 0.717) is 16.9 Å². The maximum absolute atomic E-state index is 13.5. The van der Waals surface area contributed by atoms with Crippen molar-refractivity contribution in [3.8, 4) is 17.2 Å². The number of hydrogen-bond acceptors (Lipinski definition) is 7. The van der Waals surface area contributed by atoms with Gasteiger partial charge in [0.2, 0.25) is 5.90 Å². The predicted molar refractivity (Wildman–Crippen MR) is 118 cm³/mol. The molecule has 1 aliphatic heterocycles. The number of esters is 2. The average Bonchev–Trinajstić information content (AvgIpc) is 3.20. The SMILES string of the molecule is COc1cc(/C=C2/N=C(c3cccc(F)c3)OC2=O)ccc1OC(=O)c1ccccc1OC. The van der Waals surface area contributed by atoms with Crippen LogP contribution < -0.4 is 14.2 Å². The van der Waals surface area contributed by atoms with E-state index in [0.717, 1.165) is 0 Å². The lowest BCUT2D eigenvalue weighted by atomic mass is 10.1. The molecule has 4 rings (SSSR count). The van der Waals surface area contributed by atoms with E-state index in [9.17, 15) is 14.0 Å². The van der Waals surface area contributed by atoms with Crippen molar-refractivity contribution in [2.45, 2.75) is 0 Å². The Morgan fingerprint density at radius 1 is 0.939 bits per heavy atom. The van der Waals surface area contributed by atoms with Crippen LogP contribution >= 0.6 is 0 Å². The number of halogens is 1. The van der Waals surface area contributed by atoms with Crippen molar-refractivity contribution in [2.24, 2.45) is 4.99 Å². The second-order valence-corrected chi connectivity index (χ2v) is 6.85. The largest absolute Gasteiger partial charge is 0.496 e. The van der Waals surface area contributed by atoms with Gasteiger partial charge in [-0.3, -0.25) is 0 Å². The van der Waals surface area contributed by atoms with Gasteiger partial charge in [-0.15, -0.1) is 0 Å². The number of rotatable bonds is 6. The molecule has 166 valence electrons. The number of nitrogens with zero attached hydrogens (tertiary/aromatic N) is 1. The highest BCUT2D eigenvalue weighted by atomic mass is 19.1. The van der Waals surface area contributed by atoms with Crippen LogP contribution in [0.4, 0.5) is 4.39 Å². The Kier molecular flexibility index (Phi) is 6.17. The fraction of sp³-hybridized carbons (Fsp3) is 0.0800. The van der Waals surface area contributed by atoms with Gasteiger partial charge in [-0.05, 0) is 54.1 Å². The fourth-order valence-corrected chi connectivity index (χ4v) is 3.14. The van der Waals surface area contributed by atoms with Crippen LogP contribution in [0.25, 0.3) is 6.08 Å². The molecule has 1 aliphatic rings. The van der Waals surface area contributed by atoms with E-state index >= 15 is 0 Å². The molecule has 3 aromatic carbocycles. The van der Waals surface area contributed by atoms with Crippen molar-refractivity contribution in [2.75, 3.05) is 14.2 Å². The molecule has 8 heteroatoms. The molecule has 3 aromatic rings. The summed E-state index contributed by atoms with van der Waals surface area (Å²) in [5.41, 5.74) is 1.21. The maximum Gasteiger partial charge on any atom is 0.363 e. The molecule has 0 aromatic heterocycles. The van der Waals surface area contributed by atoms with Gasteiger partial charge in [-0.2, -0.15) is 0 Å². The van der Waals surface area contributed by atoms with E-state index in [1.54, 1.807) is 42.5 Å². The summed E-state index contributed by atoms with van der Waals surface area (Å²) >= 11 is 0. The zero-order chi connectivity index (χ0) is 23.4. The van der Waals surface area contributed by atoms with Crippen LogP contribution in [0.3, 0.4) is 0 Å². The van der Waals surface area contributed by atoms with Crippen LogP contribution in [-0.4, -0.2) is 32.1 Å². The van der Waals surface area contributed by atoms with Crippen molar-refractivity contribution < 1.29 is 32.9 Å². The molecule has 0 aliphatic carbocycles. The number of carbonyl (C=O) groups excluding carboxylic acids is 2. The molecule has 0 radical (unpaired) electrons. The summed E-state index contributed by atoms with van der Waals surface area (Å²) in [6.45, 7) is 0. The summed E-state index contributed by atoms with van der Waals surface area (Å²) in [7, 11) is 2.89. The lowest BCUT2D eigenvalue weighted by Crippen LogP contribution is -2.10. The molecule has 0 saturated heterocycles. The van der Waals surface area contributed by atoms with Crippen LogP contribution in [0, 0.1) is 5.82 Å². The molecular formula is C25H18FNO6. The highest BCUT2D eigenvalue weighted by Gasteiger charge is 2.24.